The molecular weight excluding hydrogens is 252 g/mol. The number of aryl methyl sites for hydroxylation is 1. The minimum Gasteiger partial charge on any atom is -0.409 e. The molecule has 20 heavy (non-hydrogen) atoms. The Hall–Kier alpha value is -2.30. The Morgan fingerprint density at radius 2 is 2.00 bits per heavy atom. The topological polar surface area (TPSA) is 76.4 Å². The molecule has 0 bridgehead atoms. The first-order valence-electron chi connectivity index (χ1n) is 6.87. The summed E-state index contributed by atoms with van der Waals surface area (Å²) in [5, 5.41) is 11.6. The smallest absolute Gasteiger partial charge is 0.170 e. The van der Waals surface area contributed by atoms with Gasteiger partial charge in [0, 0.05) is 17.8 Å². The number of hydrogen-bond donors (Lipinski definition) is 2. The second kappa shape index (κ2) is 5.36. The van der Waals surface area contributed by atoms with E-state index < -0.39 is 0 Å². The maximum atomic E-state index is 8.65. The molecular formula is C15H18N4O. The van der Waals surface area contributed by atoms with E-state index in [0.29, 0.717) is 0 Å². The Balaban J connectivity index is 1.79. The van der Waals surface area contributed by atoms with Crippen LogP contribution in [0.3, 0.4) is 0 Å². The zero-order chi connectivity index (χ0) is 13.9. The number of nitrogens with zero attached hydrogens (tertiary/aromatic N) is 3. The number of oxime groups is 1. The zero-order valence-electron chi connectivity index (χ0n) is 11.3. The van der Waals surface area contributed by atoms with Crippen molar-refractivity contribution in [1.29, 1.82) is 0 Å². The zero-order valence-corrected chi connectivity index (χ0v) is 11.3. The quantitative estimate of drug-likeness (QED) is 0.387. The number of fused-ring (bicyclic) bond motifs is 1. The van der Waals surface area contributed by atoms with Crippen LogP contribution >= 0.6 is 0 Å². The lowest BCUT2D eigenvalue weighted by Gasteiger charge is -2.14. The summed E-state index contributed by atoms with van der Waals surface area (Å²) in [6, 6.07) is 7.74. The van der Waals surface area contributed by atoms with Gasteiger partial charge in [0.25, 0.3) is 0 Å². The van der Waals surface area contributed by atoms with Crippen molar-refractivity contribution in [2.75, 3.05) is 0 Å². The maximum absolute atomic E-state index is 8.65. The molecule has 0 spiro atoms. The lowest BCUT2D eigenvalue weighted by Crippen LogP contribution is -2.13. The average molecular weight is 270 g/mol. The van der Waals surface area contributed by atoms with Crippen LogP contribution in [-0.2, 0) is 19.4 Å². The van der Waals surface area contributed by atoms with Crippen molar-refractivity contribution in [2.24, 2.45) is 10.9 Å². The van der Waals surface area contributed by atoms with Gasteiger partial charge in [-0.3, -0.25) is 0 Å². The molecule has 1 aromatic heterocycles. The molecule has 2 aromatic rings. The predicted molar refractivity (Wildman–Crippen MR) is 76.9 cm³/mol. The van der Waals surface area contributed by atoms with E-state index in [1.165, 1.54) is 29.8 Å². The first-order chi connectivity index (χ1) is 9.78. The Labute approximate surface area is 117 Å². The van der Waals surface area contributed by atoms with E-state index in [0.717, 1.165) is 24.9 Å². The highest BCUT2D eigenvalue weighted by molar-refractivity contribution is 5.96. The molecule has 1 aromatic carbocycles. The second-order valence-corrected chi connectivity index (χ2v) is 5.16. The monoisotopic (exact) mass is 270 g/mol. The van der Waals surface area contributed by atoms with E-state index in [1.807, 2.05) is 30.6 Å². The van der Waals surface area contributed by atoms with E-state index in [2.05, 4.69) is 14.7 Å². The van der Waals surface area contributed by atoms with Gasteiger partial charge >= 0.3 is 0 Å². The third-order valence-corrected chi connectivity index (χ3v) is 3.82. The minimum absolute atomic E-state index is 0.136. The summed E-state index contributed by atoms with van der Waals surface area (Å²) < 4.78 is 2.23. The Morgan fingerprint density at radius 3 is 2.75 bits per heavy atom. The van der Waals surface area contributed by atoms with Crippen LogP contribution in [0.25, 0.3) is 0 Å². The van der Waals surface area contributed by atoms with Gasteiger partial charge in [-0.2, -0.15) is 0 Å². The number of imidazole rings is 1. The first kappa shape index (κ1) is 12.7. The minimum atomic E-state index is 0.136. The fraction of sp³-hybridized carbons (Fsp3) is 0.333. The standard InChI is InChI=1S/C15H18N4O/c16-15(18-20)12-7-5-11(6-8-12)9-19-10-17-13-3-1-2-4-14(13)19/h5-8,10,20H,1-4,9H2,(H2,16,18). The van der Waals surface area contributed by atoms with Gasteiger partial charge in [-0.25, -0.2) is 4.98 Å². The highest BCUT2D eigenvalue weighted by Crippen LogP contribution is 2.20. The summed E-state index contributed by atoms with van der Waals surface area (Å²) >= 11 is 0. The number of aromatic nitrogens is 2. The third kappa shape index (κ3) is 2.39. The van der Waals surface area contributed by atoms with Crippen LogP contribution < -0.4 is 5.73 Å². The molecule has 1 aliphatic rings. The molecule has 5 heteroatoms. The molecule has 0 amide bonds. The number of benzene rings is 1. The summed E-state index contributed by atoms with van der Waals surface area (Å²) in [6.45, 7) is 0.818. The highest BCUT2D eigenvalue weighted by Gasteiger charge is 2.15. The van der Waals surface area contributed by atoms with E-state index in [-0.39, 0.29) is 5.84 Å². The largest absolute Gasteiger partial charge is 0.409 e. The van der Waals surface area contributed by atoms with Crippen molar-refractivity contribution in [1.82, 2.24) is 9.55 Å². The molecule has 0 unspecified atom stereocenters. The van der Waals surface area contributed by atoms with E-state index in [1.54, 1.807) is 0 Å². The van der Waals surface area contributed by atoms with Crippen molar-refractivity contribution in [2.45, 2.75) is 32.2 Å². The van der Waals surface area contributed by atoms with Crippen LogP contribution in [-0.4, -0.2) is 20.6 Å². The Kier molecular flexibility index (Phi) is 3.41. The predicted octanol–water partition coefficient (Wildman–Crippen LogP) is 1.90. The summed E-state index contributed by atoms with van der Waals surface area (Å²) in [5.41, 5.74) is 10.1. The van der Waals surface area contributed by atoms with Crippen molar-refractivity contribution in [3.8, 4) is 0 Å². The van der Waals surface area contributed by atoms with Crippen LogP contribution in [0, 0.1) is 0 Å². The summed E-state index contributed by atoms with van der Waals surface area (Å²) in [7, 11) is 0. The Bertz CT molecular complexity index is 628. The van der Waals surface area contributed by atoms with E-state index in [4.69, 9.17) is 10.9 Å². The van der Waals surface area contributed by atoms with Gasteiger partial charge in [-0.1, -0.05) is 29.4 Å². The molecule has 1 heterocycles. The van der Waals surface area contributed by atoms with Gasteiger partial charge in [0.15, 0.2) is 5.84 Å². The van der Waals surface area contributed by atoms with Crippen molar-refractivity contribution < 1.29 is 5.21 Å². The molecule has 0 saturated carbocycles. The van der Waals surface area contributed by atoms with Gasteiger partial charge in [0.05, 0.1) is 12.0 Å². The summed E-state index contributed by atoms with van der Waals surface area (Å²) in [4.78, 5) is 4.50. The molecule has 0 atom stereocenters. The van der Waals surface area contributed by atoms with Gasteiger partial charge in [-0.05, 0) is 31.2 Å². The third-order valence-electron chi connectivity index (χ3n) is 3.82. The molecule has 3 rings (SSSR count). The fourth-order valence-electron chi connectivity index (χ4n) is 2.70. The van der Waals surface area contributed by atoms with Gasteiger partial charge in [0.2, 0.25) is 0 Å². The number of rotatable bonds is 3. The molecule has 3 N–H and O–H groups in total. The summed E-state index contributed by atoms with van der Waals surface area (Å²) in [5.74, 6) is 0.136. The van der Waals surface area contributed by atoms with Crippen molar-refractivity contribution in [3.63, 3.8) is 0 Å². The van der Waals surface area contributed by atoms with E-state index >= 15 is 0 Å². The molecule has 0 radical (unpaired) electrons. The van der Waals surface area contributed by atoms with Crippen LogP contribution in [0.2, 0.25) is 0 Å². The molecule has 0 saturated heterocycles. The Morgan fingerprint density at radius 1 is 1.25 bits per heavy atom. The van der Waals surface area contributed by atoms with Gasteiger partial charge in [0.1, 0.15) is 0 Å². The van der Waals surface area contributed by atoms with Crippen LogP contribution in [0.15, 0.2) is 35.7 Å². The number of amidine groups is 1. The normalized spacial score (nSPS) is 15.1. The lowest BCUT2D eigenvalue weighted by molar-refractivity contribution is 0.318. The average Bonchev–Trinajstić information content (AvgIpc) is 2.91. The molecule has 104 valence electrons. The number of nitrogens with two attached hydrogens (primary N) is 1. The maximum Gasteiger partial charge on any atom is 0.170 e. The summed E-state index contributed by atoms with van der Waals surface area (Å²) in [6.07, 6.45) is 6.66. The van der Waals surface area contributed by atoms with Crippen molar-refractivity contribution in [3.05, 3.63) is 53.1 Å². The second-order valence-electron chi connectivity index (χ2n) is 5.16. The van der Waals surface area contributed by atoms with Crippen LogP contribution in [0.1, 0.15) is 35.4 Å². The lowest BCUT2D eigenvalue weighted by atomic mass is 10.0. The molecule has 5 nitrogen and oxygen atoms in total. The highest BCUT2D eigenvalue weighted by atomic mass is 16.4. The van der Waals surface area contributed by atoms with Crippen LogP contribution in [0.4, 0.5) is 0 Å². The van der Waals surface area contributed by atoms with Gasteiger partial charge in [-0.15, -0.1) is 0 Å². The number of hydrogen-bond acceptors (Lipinski definition) is 3. The van der Waals surface area contributed by atoms with Crippen molar-refractivity contribution >= 4 is 5.84 Å². The fourth-order valence-corrected chi connectivity index (χ4v) is 2.70. The molecule has 1 aliphatic carbocycles. The first-order valence-corrected chi connectivity index (χ1v) is 6.87. The van der Waals surface area contributed by atoms with Crippen LogP contribution in [0.5, 0.6) is 0 Å². The van der Waals surface area contributed by atoms with Gasteiger partial charge < -0.3 is 15.5 Å². The molecule has 0 aliphatic heterocycles. The SMILES string of the molecule is N/C(=N/O)c1ccc(Cn2cnc3c2CCCC3)cc1. The molecule has 0 fully saturated rings. The van der Waals surface area contributed by atoms with E-state index in [9.17, 15) is 0 Å².